The minimum atomic E-state index is -1.03. The second kappa shape index (κ2) is 6.62. The van der Waals surface area contributed by atoms with E-state index in [2.05, 4.69) is 5.32 Å². The second-order valence-corrected chi connectivity index (χ2v) is 5.09. The van der Waals surface area contributed by atoms with E-state index in [1.54, 1.807) is 18.9 Å². The average Bonchev–Trinajstić information content (AvgIpc) is 2.86. The molecular formula is C14H20N2O5. The van der Waals surface area contributed by atoms with E-state index in [4.69, 9.17) is 14.3 Å². The minimum Gasteiger partial charge on any atom is -0.478 e. The normalized spacial score (nSPS) is 18.6. The van der Waals surface area contributed by atoms with Gasteiger partial charge in [0.15, 0.2) is 0 Å². The number of carboxylic acid groups (broad SMARTS) is 1. The lowest BCUT2D eigenvalue weighted by molar-refractivity contribution is 0.0433. The van der Waals surface area contributed by atoms with Gasteiger partial charge in [-0.1, -0.05) is 0 Å². The van der Waals surface area contributed by atoms with Gasteiger partial charge in [0, 0.05) is 20.2 Å². The smallest absolute Gasteiger partial charge is 0.339 e. The summed E-state index contributed by atoms with van der Waals surface area (Å²) >= 11 is 0. The summed E-state index contributed by atoms with van der Waals surface area (Å²) in [7, 11) is 1.64. The van der Waals surface area contributed by atoms with Crippen molar-refractivity contribution in [3.63, 3.8) is 0 Å². The van der Waals surface area contributed by atoms with E-state index in [1.807, 2.05) is 0 Å². The lowest BCUT2D eigenvalue weighted by Gasteiger charge is -2.31. The molecule has 0 spiro atoms. The first-order valence-corrected chi connectivity index (χ1v) is 6.89. The number of likely N-dealkylation sites (tertiary alicyclic amines) is 1. The fourth-order valence-corrected chi connectivity index (χ4v) is 2.43. The Labute approximate surface area is 122 Å². The van der Waals surface area contributed by atoms with Crippen LogP contribution in [0.1, 0.15) is 34.7 Å². The monoisotopic (exact) mass is 296 g/mol. The molecule has 2 heterocycles. The van der Waals surface area contributed by atoms with Gasteiger partial charge in [-0.05, 0) is 25.8 Å². The number of rotatable bonds is 4. The molecule has 2 N–H and O–H groups in total. The van der Waals surface area contributed by atoms with Gasteiger partial charge in [-0.2, -0.15) is 0 Å². The zero-order valence-corrected chi connectivity index (χ0v) is 12.2. The van der Waals surface area contributed by atoms with Crippen LogP contribution in [0.5, 0.6) is 0 Å². The Bertz CT molecular complexity index is 525. The Morgan fingerprint density at radius 2 is 2.33 bits per heavy atom. The summed E-state index contributed by atoms with van der Waals surface area (Å²) in [4.78, 5) is 24.7. The summed E-state index contributed by atoms with van der Waals surface area (Å²) in [5, 5.41) is 11.7. The van der Waals surface area contributed by atoms with Gasteiger partial charge in [0.1, 0.15) is 17.1 Å². The van der Waals surface area contributed by atoms with Crippen LogP contribution in [-0.4, -0.2) is 48.3 Å². The fourth-order valence-electron chi connectivity index (χ4n) is 2.43. The Hall–Kier alpha value is -2.02. The third-order valence-electron chi connectivity index (χ3n) is 3.61. The van der Waals surface area contributed by atoms with Gasteiger partial charge in [-0.25, -0.2) is 9.59 Å². The Morgan fingerprint density at radius 1 is 1.57 bits per heavy atom. The Morgan fingerprint density at radius 3 is 2.95 bits per heavy atom. The van der Waals surface area contributed by atoms with Crippen LogP contribution in [0.2, 0.25) is 0 Å². The van der Waals surface area contributed by atoms with E-state index >= 15 is 0 Å². The highest BCUT2D eigenvalue weighted by molar-refractivity contribution is 5.88. The largest absolute Gasteiger partial charge is 0.478 e. The van der Waals surface area contributed by atoms with Gasteiger partial charge in [-0.15, -0.1) is 0 Å². The zero-order chi connectivity index (χ0) is 15.4. The van der Waals surface area contributed by atoms with E-state index in [1.165, 1.54) is 6.07 Å². The van der Waals surface area contributed by atoms with Gasteiger partial charge in [-0.3, -0.25) is 0 Å². The van der Waals surface area contributed by atoms with Crippen LogP contribution in [0.4, 0.5) is 4.79 Å². The van der Waals surface area contributed by atoms with E-state index in [0.29, 0.717) is 24.6 Å². The molecule has 1 aliphatic heterocycles. The minimum absolute atomic E-state index is 0.0778. The van der Waals surface area contributed by atoms with Crippen molar-refractivity contribution < 1.29 is 23.8 Å². The summed E-state index contributed by atoms with van der Waals surface area (Å²) in [6, 6.07) is 1.24. The number of aromatic carboxylic acids is 1. The Balaban J connectivity index is 1.89. The number of amides is 2. The van der Waals surface area contributed by atoms with Crippen LogP contribution in [-0.2, 0) is 11.3 Å². The predicted molar refractivity (Wildman–Crippen MR) is 74.2 cm³/mol. The van der Waals surface area contributed by atoms with E-state index in [0.717, 1.165) is 12.8 Å². The molecule has 1 fully saturated rings. The predicted octanol–water partition coefficient (Wildman–Crippen LogP) is 1.61. The SMILES string of the molecule is COC1CCCN(C(=O)NCc2cc(C(=O)O)c(C)o2)C1. The first kappa shape index (κ1) is 15.4. The molecule has 1 atom stereocenters. The highest BCUT2D eigenvalue weighted by atomic mass is 16.5. The zero-order valence-electron chi connectivity index (χ0n) is 12.2. The molecule has 7 heteroatoms. The fraction of sp³-hybridized carbons (Fsp3) is 0.571. The number of ether oxygens (including phenoxy) is 1. The van der Waals surface area contributed by atoms with Crippen LogP contribution in [0.25, 0.3) is 0 Å². The number of nitrogens with zero attached hydrogens (tertiary/aromatic N) is 1. The number of hydrogen-bond donors (Lipinski definition) is 2. The molecule has 1 aliphatic rings. The second-order valence-electron chi connectivity index (χ2n) is 5.09. The van der Waals surface area contributed by atoms with Crippen LogP contribution >= 0.6 is 0 Å². The van der Waals surface area contributed by atoms with E-state index in [-0.39, 0.29) is 24.2 Å². The number of carbonyl (C=O) groups is 2. The van der Waals surface area contributed by atoms with E-state index in [9.17, 15) is 9.59 Å². The topological polar surface area (TPSA) is 92.0 Å². The van der Waals surface area contributed by atoms with Gasteiger partial charge < -0.3 is 24.5 Å². The maximum Gasteiger partial charge on any atom is 0.339 e. The molecule has 0 radical (unpaired) electrons. The highest BCUT2D eigenvalue weighted by Gasteiger charge is 2.23. The van der Waals surface area contributed by atoms with Gasteiger partial charge in [0.05, 0.1) is 12.6 Å². The highest BCUT2D eigenvalue weighted by Crippen LogP contribution is 2.15. The summed E-state index contributed by atoms with van der Waals surface area (Å²) in [6.07, 6.45) is 1.95. The Kier molecular flexibility index (Phi) is 4.85. The average molecular weight is 296 g/mol. The van der Waals surface area contributed by atoms with Crippen molar-refractivity contribution in [1.82, 2.24) is 10.2 Å². The molecule has 116 valence electrons. The summed E-state index contributed by atoms with van der Waals surface area (Å²) in [5.41, 5.74) is 0.122. The van der Waals surface area contributed by atoms with Gasteiger partial charge in [0.2, 0.25) is 0 Å². The molecule has 1 unspecified atom stereocenters. The van der Waals surface area contributed by atoms with Crippen molar-refractivity contribution in [1.29, 1.82) is 0 Å². The lowest BCUT2D eigenvalue weighted by Crippen LogP contribution is -2.47. The van der Waals surface area contributed by atoms with Gasteiger partial charge >= 0.3 is 12.0 Å². The number of carboxylic acids is 1. The molecule has 0 aliphatic carbocycles. The molecular weight excluding hydrogens is 276 g/mol. The number of hydrogen-bond acceptors (Lipinski definition) is 4. The number of piperidine rings is 1. The molecule has 7 nitrogen and oxygen atoms in total. The van der Waals surface area contributed by atoms with Crippen molar-refractivity contribution in [2.75, 3.05) is 20.2 Å². The molecule has 0 saturated carbocycles. The molecule has 0 bridgehead atoms. The number of nitrogens with one attached hydrogen (secondary N) is 1. The van der Waals surface area contributed by atoms with Crippen molar-refractivity contribution in [2.45, 2.75) is 32.4 Å². The number of urea groups is 1. The van der Waals surface area contributed by atoms with Crippen molar-refractivity contribution >= 4 is 12.0 Å². The maximum atomic E-state index is 12.1. The van der Waals surface area contributed by atoms with Gasteiger partial charge in [0.25, 0.3) is 0 Å². The summed E-state index contributed by atoms with van der Waals surface area (Å²) < 4.78 is 10.6. The molecule has 1 aromatic rings. The van der Waals surface area contributed by atoms with Crippen LogP contribution in [0.15, 0.2) is 10.5 Å². The first-order chi connectivity index (χ1) is 10.0. The molecule has 0 aromatic carbocycles. The van der Waals surface area contributed by atoms with Crippen LogP contribution in [0, 0.1) is 6.92 Å². The quantitative estimate of drug-likeness (QED) is 0.880. The summed E-state index contributed by atoms with van der Waals surface area (Å²) in [5.74, 6) is -0.268. The molecule has 2 rings (SSSR count). The molecule has 21 heavy (non-hydrogen) atoms. The number of aryl methyl sites for hydroxylation is 1. The van der Waals surface area contributed by atoms with Crippen LogP contribution in [0.3, 0.4) is 0 Å². The lowest BCUT2D eigenvalue weighted by atomic mass is 10.1. The molecule has 1 saturated heterocycles. The maximum absolute atomic E-state index is 12.1. The van der Waals surface area contributed by atoms with Crippen molar-refractivity contribution in [2.24, 2.45) is 0 Å². The van der Waals surface area contributed by atoms with E-state index < -0.39 is 5.97 Å². The van der Waals surface area contributed by atoms with Crippen molar-refractivity contribution in [3.8, 4) is 0 Å². The standard InChI is InChI=1S/C14H20N2O5/c1-9-12(13(17)18)6-11(21-9)7-15-14(19)16-5-3-4-10(8-16)20-2/h6,10H,3-5,7-8H2,1-2H3,(H,15,19)(H,17,18). The molecule has 1 aromatic heterocycles. The first-order valence-electron chi connectivity index (χ1n) is 6.89. The van der Waals surface area contributed by atoms with Crippen molar-refractivity contribution in [3.05, 3.63) is 23.2 Å². The number of methoxy groups -OCH3 is 1. The summed E-state index contributed by atoms with van der Waals surface area (Å²) in [6.45, 7) is 3.02. The number of carbonyl (C=O) groups excluding carboxylic acids is 1. The molecule has 2 amide bonds. The van der Waals surface area contributed by atoms with Crippen LogP contribution < -0.4 is 5.32 Å². The third-order valence-corrected chi connectivity index (χ3v) is 3.61. The number of furan rings is 1. The third kappa shape index (κ3) is 3.75.